The standard InChI is InChI=1S/C13H11Cl2FN4O/c14-11-9(16)10-6(5-17-11)12(19-13(15)18-10)20-2-1-3-21-8-4-7(8)20/h5,7-8H,1-4H2/i2D2. The monoisotopic (exact) mass is 330 g/mol. The van der Waals surface area contributed by atoms with Gasteiger partial charge in [0.25, 0.3) is 0 Å². The number of ether oxygens (including phenoxy) is 1. The van der Waals surface area contributed by atoms with Crippen molar-refractivity contribution in [3.05, 3.63) is 22.5 Å². The number of halogens is 3. The molecule has 0 bridgehead atoms. The fraction of sp³-hybridized carbons (Fsp3) is 0.462. The third-order valence-corrected chi connectivity index (χ3v) is 4.00. The van der Waals surface area contributed by atoms with E-state index in [1.54, 1.807) is 0 Å². The van der Waals surface area contributed by atoms with Crippen LogP contribution in [0.25, 0.3) is 10.9 Å². The van der Waals surface area contributed by atoms with Crippen LogP contribution in [0.2, 0.25) is 10.4 Å². The van der Waals surface area contributed by atoms with Crippen molar-refractivity contribution in [2.75, 3.05) is 18.0 Å². The highest BCUT2D eigenvalue weighted by molar-refractivity contribution is 6.30. The molecule has 3 heterocycles. The van der Waals surface area contributed by atoms with Gasteiger partial charge >= 0.3 is 0 Å². The summed E-state index contributed by atoms with van der Waals surface area (Å²) in [6.07, 6.45) is 2.14. The Balaban J connectivity index is 1.96. The topological polar surface area (TPSA) is 51.1 Å². The summed E-state index contributed by atoms with van der Waals surface area (Å²) >= 11 is 11.6. The van der Waals surface area contributed by atoms with Crippen LogP contribution in [-0.2, 0) is 4.74 Å². The Kier molecular flexibility index (Phi) is 2.65. The number of rotatable bonds is 1. The van der Waals surface area contributed by atoms with Crippen molar-refractivity contribution in [2.24, 2.45) is 0 Å². The fourth-order valence-corrected chi connectivity index (χ4v) is 2.82. The molecule has 1 aliphatic heterocycles. The van der Waals surface area contributed by atoms with Gasteiger partial charge in [-0.2, -0.15) is 4.98 Å². The Morgan fingerprint density at radius 1 is 1.43 bits per heavy atom. The van der Waals surface area contributed by atoms with E-state index >= 15 is 0 Å². The molecule has 1 saturated carbocycles. The highest BCUT2D eigenvalue weighted by Gasteiger charge is 2.45. The molecule has 1 saturated heterocycles. The lowest BCUT2D eigenvalue weighted by molar-refractivity contribution is 0.124. The van der Waals surface area contributed by atoms with Crippen LogP contribution < -0.4 is 4.90 Å². The Morgan fingerprint density at radius 3 is 3.14 bits per heavy atom. The van der Waals surface area contributed by atoms with Crippen LogP contribution >= 0.6 is 23.2 Å². The van der Waals surface area contributed by atoms with Crippen LogP contribution in [0.1, 0.15) is 15.6 Å². The van der Waals surface area contributed by atoms with Gasteiger partial charge < -0.3 is 9.64 Å². The molecule has 2 unspecified atom stereocenters. The van der Waals surface area contributed by atoms with E-state index in [0.29, 0.717) is 13.0 Å². The smallest absolute Gasteiger partial charge is 0.225 e. The van der Waals surface area contributed by atoms with Crippen molar-refractivity contribution in [3.63, 3.8) is 0 Å². The molecule has 21 heavy (non-hydrogen) atoms. The van der Waals surface area contributed by atoms with E-state index in [2.05, 4.69) is 15.0 Å². The van der Waals surface area contributed by atoms with Crippen LogP contribution in [0, 0.1) is 5.82 Å². The molecule has 5 nitrogen and oxygen atoms in total. The third kappa shape index (κ3) is 2.22. The predicted octanol–water partition coefficient (Wildman–Crippen LogP) is 2.84. The molecular formula is C13H11Cl2FN4O. The van der Waals surface area contributed by atoms with E-state index in [-0.39, 0.29) is 45.7 Å². The van der Waals surface area contributed by atoms with Gasteiger partial charge in [0.1, 0.15) is 11.3 Å². The second kappa shape index (κ2) is 4.90. The number of hydrogen-bond donors (Lipinski definition) is 0. The first-order chi connectivity index (χ1) is 10.9. The lowest BCUT2D eigenvalue weighted by atomic mass is 10.2. The van der Waals surface area contributed by atoms with Crippen molar-refractivity contribution < 1.29 is 11.9 Å². The fourth-order valence-electron chi connectivity index (χ4n) is 2.51. The molecule has 4 rings (SSSR count). The third-order valence-electron chi connectivity index (χ3n) is 3.57. The maximum atomic E-state index is 14.2. The van der Waals surface area contributed by atoms with Gasteiger partial charge in [-0.25, -0.2) is 14.4 Å². The maximum Gasteiger partial charge on any atom is 0.225 e. The van der Waals surface area contributed by atoms with Gasteiger partial charge in [0.15, 0.2) is 11.0 Å². The average Bonchev–Trinajstić information content (AvgIpc) is 3.22. The number of nitrogens with zero attached hydrogens (tertiary/aromatic N) is 4. The molecular weight excluding hydrogens is 318 g/mol. The second-order valence-corrected chi connectivity index (χ2v) is 5.63. The average molecular weight is 331 g/mol. The SMILES string of the molecule is [2H]C1([2H])CCOC2CC2N1c1nc(Cl)nc2c(F)c(Cl)ncc12. The number of anilines is 1. The molecule has 2 aromatic heterocycles. The highest BCUT2D eigenvalue weighted by atomic mass is 35.5. The Bertz CT molecular complexity index is 809. The van der Waals surface area contributed by atoms with Crippen LogP contribution in [0.5, 0.6) is 0 Å². The van der Waals surface area contributed by atoms with Gasteiger partial charge in [-0.05, 0) is 24.4 Å². The van der Waals surface area contributed by atoms with E-state index < -0.39 is 12.3 Å². The van der Waals surface area contributed by atoms with Gasteiger partial charge in [0, 0.05) is 22.0 Å². The largest absolute Gasteiger partial charge is 0.376 e. The minimum absolute atomic E-state index is 0.0542. The summed E-state index contributed by atoms with van der Waals surface area (Å²) in [5, 5.41) is -0.218. The van der Waals surface area contributed by atoms with Crippen molar-refractivity contribution in [1.82, 2.24) is 15.0 Å². The molecule has 2 atom stereocenters. The first-order valence-electron chi connectivity index (χ1n) is 7.47. The first kappa shape index (κ1) is 11.3. The summed E-state index contributed by atoms with van der Waals surface area (Å²) in [6, 6.07) is -0.166. The van der Waals surface area contributed by atoms with E-state index in [9.17, 15) is 4.39 Å². The summed E-state index contributed by atoms with van der Waals surface area (Å²) in [7, 11) is 0. The zero-order chi connectivity index (χ0) is 16.4. The summed E-state index contributed by atoms with van der Waals surface area (Å²) in [6.45, 7) is -1.38. The predicted molar refractivity (Wildman–Crippen MR) is 77.4 cm³/mol. The van der Waals surface area contributed by atoms with Gasteiger partial charge in [-0.1, -0.05) is 11.6 Å². The molecule has 2 aliphatic rings. The second-order valence-electron chi connectivity index (χ2n) is 4.93. The maximum absolute atomic E-state index is 14.2. The molecule has 8 heteroatoms. The van der Waals surface area contributed by atoms with Crippen molar-refractivity contribution in [1.29, 1.82) is 0 Å². The van der Waals surface area contributed by atoms with Crippen molar-refractivity contribution >= 4 is 39.9 Å². The molecule has 0 amide bonds. The summed E-state index contributed by atoms with van der Waals surface area (Å²) < 4.78 is 36.5. The van der Waals surface area contributed by atoms with E-state index in [4.69, 9.17) is 30.7 Å². The first-order valence-corrected chi connectivity index (χ1v) is 7.22. The summed E-state index contributed by atoms with van der Waals surface area (Å²) in [4.78, 5) is 13.3. The molecule has 1 aliphatic carbocycles. The van der Waals surface area contributed by atoms with E-state index in [0.717, 1.165) is 0 Å². The zero-order valence-corrected chi connectivity index (χ0v) is 12.2. The van der Waals surface area contributed by atoms with Crippen LogP contribution in [0.3, 0.4) is 0 Å². The minimum Gasteiger partial charge on any atom is -0.376 e. The molecule has 110 valence electrons. The lowest BCUT2D eigenvalue weighted by Crippen LogP contribution is -2.29. The Labute approximate surface area is 132 Å². The van der Waals surface area contributed by atoms with E-state index in [1.165, 1.54) is 11.1 Å². The minimum atomic E-state index is -1.70. The molecule has 0 N–H and O–H groups in total. The van der Waals surface area contributed by atoms with E-state index in [1.807, 2.05) is 0 Å². The molecule has 0 radical (unpaired) electrons. The van der Waals surface area contributed by atoms with Gasteiger partial charge in [-0.15, -0.1) is 0 Å². The van der Waals surface area contributed by atoms with Crippen LogP contribution in [0.15, 0.2) is 6.20 Å². The lowest BCUT2D eigenvalue weighted by Gasteiger charge is -2.23. The number of aromatic nitrogens is 3. The van der Waals surface area contributed by atoms with Crippen LogP contribution in [-0.4, -0.2) is 40.2 Å². The normalized spacial score (nSPS) is 28.6. The number of pyridine rings is 1. The number of fused-ring (bicyclic) bond motifs is 2. The van der Waals surface area contributed by atoms with Crippen LogP contribution in [0.4, 0.5) is 10.2 Å². The quantitative estimate of drug-likeness (QED) is 0.594. The summed E-state index contributed by atoms with van der Waals surface area (Å²) in [5.74, 6) is -0.584. The van der Waals surface area contributed by atoms with Crippen molar-refractivity contribution in [3.8, 4) is 0 Å². The molecule has 2 fully saturated rings. The van der Waals surface area contributed by atoms with Gasteiger partial charge in [0.05, 0.1) is 17.5 Å². The highest BCUT2D eigenvalue weighted by Crippen LogP contribution is 2.39. The van der Waals surface area contributed by atoms with Gasteiger partial charge in [0.2, 0.25) is 5.28 Å². The summed E-state index contributed by atoms with van der Waals surface area (Å²) in [5.41, 5.74) is -0.0711. The Hall–Kier alpha value is -1.24. The molecule has 0 aromatic carbocycles. The molecule has 2 aromatic rings. The van der Waals surface area contributed by atoms with Crippen molar-refractivity contribution in [2.45, 2.75) is 25.0 Å². The Morgan fingerprint density at radius 2 is 2.29 bits per heavy atom. The number of hydrogen-bond acceptors (Lipinski definition) is 5. The van der Waals surface area contributed by atoms with Gasteiger partial charge in [-0.3, -0.25) is 0 Å². The molecule has 0 spiro atoms. The zero-order valence-electron chi connectivity index (χ0n) is 12.7.